The second kappa shape index (κ2) is 8.28. The lowest BCUT2D eigenvalue weighted by molar-refractivity contribution is -0.650. The van der Waals surface area contributed by atoms with Gasteiger partial charge >= 0.3 is 5.82 Å². The van der Waals surface area contributed by atoms with Crippen LogP contribution in [0, 0.1) is 4.91 Å². The summed E-state index contributed by atoms with van der Waals surface area (Å²) < 4.78 is 0. The second-order valence-electron chi connectivity index (χ2n) is 8.13. The van der Waals surface area contributed by atoms with Gasteiger partial charge in [-0.1, -0.05) is 35.9 Å². The Bertz CT molecular complexity index is 970. The minimum Gasteiger partial charge on any atom is -0.369 e. The summed E-state index contributed by atoms with van der Waals surface area (Å²) in [4.78, 5) is 20.9. The van der Waals surface area contributed by atoms with E-state index in [-0.39, 0.29) is 0 Å². The van der Waals surface area contributed by atoms with E-state index in [1.807, 2.05) is 35.4 Å². The van der Waals surface area contributed by atoms with Gasteiger partial charge in [-0.2, -0.15) is 5.01 Å². The average molecular weight is 425 g/mol. The average Bonchev–Trinajstić information content (AvgIpc) is 3.10. The van der Waals surface area contributed by atoms with E-state index < -0.39 is 0 Å². The standard InChI is InChI=1S/C23H27ClN5O/c24-20-6-3-7-21(17-20)26-15-13-25(14-16-26)11-4-12-27-18-28-22-8-2-1-5-19(22)9-10-23(28)29(27)30/h1-3,5-8,10,17H,4,9,11-16,18H2/q+1. The van der Waals surface area contributed by atoms with Crippen LogP contribution in [0.15, 0.2) is 60.4 Å². The van der Waals surface area contributed by atoms with Gasteiger partial charge in [0.25, 0.3) is 0 Å². The lowest BCUT2D eigenvalue weighted by Crippen LogP contribution is -2.47. The number of hydrogen-bond donors (Lipinski definition) is 0. The molecule has 3 aliphatic rings. The van der Waals surface area contributed by atoms with Crippen LogP contribution in [0.5, 0.6) is 0 Å². The molecule has 0 unspecified atom stereocenters. The van der Waals surface area contributed by atoms with Crippen molar-refractivity contribution >= 4 is 23.0 Å². The molecule has 0 atom stereocenters. The van der Waals surface area contributed by atoms with E-state index in [4.69, 9.17) is 11.6 Å². The highest BCUT2D eigenvalue weighted by molar-refractivity contribution is 6.30. The van der Waals surface area contributed by atoms with E-state index in [0.717, 1.165) is 73.5 Å². The SMILES string of the molecule is O=[N+]1C2=CCc3ccccc3N2CN1CCCN1CCN(c2cccc(Cl)c2)CC1. The first-order chi connectivity index (χ1) is 14.7. The van der Waals surface area contributed by atoms with Crippen LogP contribution in [-0.2, 0) is 6.42 Å². The Morgan fingerprint density at radius 3 is 2.63 bits per heavy atom. The molecule has 3 heterocycles. The summed E-state index contributed by atoms with van der Waals surface area (Å²) in [5.74, 6) is 0.767. The number of nitroso groups, excluding NO2 is 1. The summed E-state index contributed by atoms with van der Waals surface area (Å²) in [5, 5.41) is 2.70. The number of para-hydroxylation sites is 1. The third-order valence-corrected chi connectivity index (χ3v) is 6.49. The first kappa shape index (κ1) is 19.4. The molecular formula is C23H27ClN5O+. The molecule has 156 valence electrons. The number of hydrogen-bond acceptors (Lipinski definition) is 4. The Labute approximate surface area is 182 Å². The van der Waals surface area contributed by atoms with Crippen LogP contribution in [0.25, 0.3) is 0 Å². The molecule has 0 bridgehead atoms. The van der Waals surface area contributed by atoms with Gasteiger partial charge in [0, 0.05) is 61.5 Å². The zero-order valence-electron chi connectivity index (χ0n) is 17.1. The van der Waals surface area contributed by atoms with Crippen molar-refractivity contribution in [3.63, 3.8) is 0 Å². The lowest BCUT2D eigenvalue weighted by atomic mass is 10.1. The molecule has 0 N–H and O–H groups in total. The molecule has 0 radical (unpaired) electrons. The Morgan fingerprint density at radius 1 is 0.967 bits per heavy atom. The predicted molar refractivity (Wildman–Crippen MR) is 121 cm³/mol. The molecule has 6 nitrogen and oxygen atoms in total. The summed E-state index contributed by atoms with van der Waals surface area (Å²) in [6.45, 7) is 6.52. The maximum absolute atomic E-state index is 12.8. The van der Waals surface area contributed by atoms with Crippen LogP contribution in [0.4, 0.5) is 11.4 Å². The maximum atomic E-state index is 12.8. The van der Waals surface area contributed by atoms with Gasteiger partial charge in [0.05, 0.1) is 11.4 Å². The van der Waals surface area contributed by atoms with Crippen molar-refractivity contribution in [3.8, 4) is 0 Å². The van der Waals surface area contributed by atoms with Crippen LogP contribution < -0.4 is 9.80 Å². The van der Waals surface area contributed by atoms with E-state index in [1.165, 1.54) is 11.3 Å². The molecule has 30 heavy (non-hydrogen) atoms. The summed E-state index contributed by atoms with van der Waals surface area (Å²) in [7, 11) is 0. The van der Waals surface area contributed by atoms with Crippen molar-refractivity contribution in [3.05, 3.63) is 75.9 Å². The largest absolute Gasteiger partial charge is 0.369 e. The molecule has 2 saturated heterocycles. The minimum atomic E-state index is 0.634. The number of nitrogens with zero attached hydrogens (tertiary/aromatic N) is 5. The summed E-state index contributed by atoms with van der Waals surface area (Å²) in [6.07, 6.45) is 3.86. The Hall–Kier alpha value is -2.57. The molecule has 0 saturated carbocycles. The van der Waals surface area contributed by atoms with E-state index in [0.29, 0.717) is 6.67 Å². The van der Waals surface area contributed by atoms with Gasteiger partial charge in [0.2, 0.25) is 0 Å². The van der Waals surface area contributed by atoms with Crippen LogP contribution in [0.3, 0.4) is 0 Å². The van der Waals surface area contributed by atoms with Crippen LogP contribution >= 0.6 is 11.6 Å². The molecule has 0 spiro atoms. The summed E-state index contributed by atoms with van der Waals surface area (Å²) in [5.41, 5.74) is 3.65. The Morgan fingerprint density at radius 2 is 1.80 bits per heavy atom. The van der Waals surface area contributed by atoms with Gasteiger partial charge in [0.1, 0.15) is 5.69 Å². The molecule has 0 aliphatic carbocycles. The molecule has 7 heteroatoms. The highest BCUT2D eigenvalue weighted by atomic mass is 35.5. The second-order valence-corrected chi connectivity index (χ2v) is 8.57. The van der Waals surface area contributed by atoms with Crippen LogP contribution in [0.1, 0.15) is 12.0 Å². The molecule has 5 rings (SSSR count). The van der Waals surface area contributed by atoms with Crippen molar-refractivity contribution in [2.45, 2.75) is 12.8 Å². The van der Waals surface area contributed by atoms with Gasteiger partial charge in [-0.05, 0) is 35.6 Å². The zero-order chi connectivity index (χ0) is 20.5. The lowest BCUT2D eigenvalue weighted by Gasteiger charge is -2.36. The van der Waals surface area contributed by atoms with Crippen LogP contribution in [0.2, 0.25) is 5.02 Å². The minimum absolute atomic E-state index is 0.634. The molecule has 2 fully saturated rings. The Kier molecular flexibility index (Phi) is 5.35. The molecule has 0 amide bonds. The monoisotopic (exact) mass is 424 g/mol. The number of fused-ring (bicyclic) bond motifs is 3. The van der Waals surface area contributed by atoms with Gasteiger partial charge in [-0.3, -0.25) is 4.90 Å². The molecule has 0 aromatic heterocycles. The van der Waals surface area contributed by atoms with Gasteiger partial charge < -0.3 is 4.90 Å². The number of allylic oxidation sites excluding steroid dienone is 1. The Balaban J connectivity index is 1.11. The number of halogens is 1. The highest BCUT2D eigenvalue weighted by Crippen LogP contribution is 2.33. The van der Waals surface area contributed by atoms with Crippen molar-refractivity contribution in [2.24, 2.45) is 0 Å². The zero-order valence-corrected chi connectivity index (χ0v) is 17.8. The number of hydrazine groups is 1. The van der Waals surface area contributed by atoms with Crippen molar-refractivity contribution in [1.29, 1.82) is 0 Å². The van der Waals surface area contributed by atoms with E-state index in [9.17, 15) is 4.91 Å². The fourth-order valence-corrected chi connectivity index (χ4v) is 4.80. The fraction of sp³-hybridized carbons (Fsp3) is 0.391. The first-order valence-electron chi connectivity index (χ1n) is 10.7. The number of piperazine rings is 1. The third-order valence-electron chi connectivity index (χ3n) is 6.26. The van der Waals surface area contributed by atoms with E-state index >= 15 is 0 Å². The molecule has 2 aromatic rings. The third kappa shape index (κ3) is 3.77. The topological polar surface area (TPSA) is 33.0 Å². The summed E-state index contributed by atoms with van der Waals surface area (Å²) >= 11 is 6.13. The maximum Gasteiger partial charge on any atom is 0.346 e. The molecule has 2 aromatic carbocycles. The number of rotatable bonds is 5. The predicted octanol–water partition coefficient (Wildman–Crippen LogP) is 3.72. The van der Waals surface area contributed by atoms with E-state index in [2.05, 4.69) is 39.0 Å². The van der Waals surface area contributed by atoms with Crippen molar-refractivity contribution in [1.82, 2.24) is 9.91 Å². The fourth-order valence-electron chi connectivity index (χ4n) is 4.62. The first-order valence-corrected chi connectivity index (χ1v) is 11.1. The number of benzene rings is 2. The number of anilines is 2. The van der Waals surface area contributed by atoms with E-state index in [1.54, 1.807) is 0 Å². The summed E-state index contributed by atoms with van der Waals surface area (Å²) in [6, 6.07) is 16.4. The molecular weight excluding hydrogens is 398 g/mol. The normalized spacial score (nSPS) is 19.0. The van der Waals surface area contributed by atoms with Crippen molar-refractivity contribution < 1.29 is 4.87 Å². The van der Waals surface area contributed by atoms with Crippen molar-refractivity contribution in [2.75, 3.05) is 55.7 Å². The van der Waals surface area contributed by atoms with Crippen LogP contribution in [-0.4, -0.2) is 60.7 Å². The quantitative estimate of drug-likeness (QED) is 0.683. The van der Waals surface area contributed by atoms with Gasteiger partial charge in [-0.25, -0.2) is 4.90 Å². The molecule has 3 aliphatic heterocycles. The van der Waals surface area contributed by atoms with Gasteiger partial charge in [-0.15, -0.1) is 0 Å². The highest BCUT2D eigenvalue weighted by Gasteiger charge is 2.43. The van der Waals surface area contributed by atoms with Gasteiger partial charge in [0.15, 0.2) is 6.67 Å². The smallest absolute Gasteiger partial charge is 0.346 e.